The van der Waals surface area contributed by atoms with E-state index < -0.39 is 21.3 Å². The molecule has 124 valence electrons. The van der Waals surface area contributed by atoms with Crippen LogP contribution in [0.15, 0.2) is 32.7 Å². The van der Waals surface area contributed by atoms with Crippen molar-refractivity contribution in [1.29, 1.82) is 0 Å². The number of rotatable bonds is 2. The van der Waals surface area contributed by atoms with Crippen LogP contribution in [0.5, 0.6) is 0 Å². The molecule has 1 saturated heterocycles. The van der Waals surface area contributed by atoms with E-state index in [-0.39, 0.29) is 10.3 Å². The molecule has 1 aromatic heterocycles. The summed E-state index contributed by atoms with van der Waals surface area (Å²) in [4.78, 5) is 24.3. The fraction of sp³-hybridized carbons (Fsp3) is 0.467. The fourth-order valence-electron chi connectivity index (χ4n) is 2.99. The van der Waals surface area contributed by atoms with E-state index in [4.69, 9.17) is 0 Å². The van der Waals surface area contributed by atoms with Crippen molar-refractivity contribution in [2.24, 2.45) is 14.1 Å². The van der Waals surface area contributed by atoms with Crippen LogP contribution in [0.3, 0.4) is 0 Å². The molecule has 0 radical (unpaired) electrons. The van der Waals surface area contributed by atoms with Crippen molar-refractivity contribution >= 4 is 20.9 Å². The van der Waals surface area contributed by atoms with E-state index in [2.05, 4.69) is 0 Å². The van der Waals surface area contributed by atoms with Crippen molar-refractivity contribution in [1.82, 2.24) is 13.4 Å². The van der Waals surface area contributed by atoms with E-state index in [1.165, 1.54) is 34.1 Å². The summed E-state index contributed by atoms with van der Waals surface area (Å²) in [5.41, 5.74) is -0.497. The van der Waals surface area contributed by atoms with E-state index in [1.54, 1.807) is 7.05 Å². The summed E-state index contributed by atoms with van der Waals surface area (Å²) in [5.74, 6) is 0. The molecule has 0 unspecified atom stereocenters. The van der Waals surface area contributed by atoms with Crippen LogP contribution in [0.2, 0.25) is 0 Å². The monoisotopic (exact) mass is 337 g/mol. The number of aromatic nitrogens is 2. The third-order valence-corrected chi connectivity index (χ3v) is 6.29. The second kappa shape index (κ2) is 5.61. The van der Waals surface area contributed by atoms with Crippen molar-refractivity contribution in [2.75, 3.05) is 13.1 Å². The Morgan fingerprint density at radius 3 is 2.26 bits per heavy atom. The zero-order valence-corrected chi connectivity index (χ0v) is 14.0. The Hall–Kier alpha value is -1.93. The van der Waals surface area contributed by atoms with Gasteiger partial charge in [0.1, 0.15) is 0 Å². The molecule has 2 heterocycles. The van der Waals surface area contributed by atoms with Gasteiger partial charge in [-0.25, -0.2) is 13.2 Å². The Balaban J connectivity index is 2.21. The minimum Gasteiger partial charge on any atom is -0.296 e. The fourth-order valence-corrected chi connectivity index (χ4v) is 4.53. The Morgan fingerprint density at radius 2 is 1.61 bits per heavy atom. The van der Waals surface area contributed by atoms with E-state index in [0.717, 1.165) is 23.8 Å². The summed E-state index contributed by atoms with van der Waals surface area (Å²) < 4.78 is 29.2. The number of hydrogen-bond acceptors (Lipinski definition) is 4. The second-order valence-corrected chi connectivity index (χ2v) is 7.79. The predicted molar refractivity (Wildman–Crippen MR) is 87.0 cm³/mol. The van der Waals surface area contributed by atoms with Gasteiger partial charge < -0.3 is 0 Å². The van der Waals surface area contributed by atoms with Crippen LogP contribution < -0.4 is 11.2 Å². The molecular weight excluding hydrogens is 318 g/mol. The maximum Gasteiger partial charge on any atom is 0.330 e. The summed E-state index contributed by atoms with van der Waals surface area (Å²) >= 11 is 0. The molecule has 0 atom stereocenters. The topological polar surface area (TPSA) is 81.4 Å². The minimum atomic E-state index is -3.61. The highest BCUT2D eigenvalue weighted by atomic mass is 32.2. The molecular formula is C15H19N3O4S. The number of nitrogens with zero attached hydrogens (tertiary/aromatic N) is 3. The molecule has 0 bridgehead atoms. The molecule has 0 spiro atoms. The molecule has 2 aromatic rings. The third kappa shape index (κ3) is 2.51. The number of sulfonamides is 1. The maximum absolute atomic E-state index is 12.7. The van der Waals surface area contributed by atoms with Gasteiger partial charge in [0, 0.05) is 27.2 Å². The first-order valence-corrected chi connectivity index (χ1v) is 8.98. The lowest BCUT2D eigenvalue weighted by molar-refractivity contribution is 0.346. The molecule has 0 amide bonds. The number of piperidine rings is 1. The molecule has 8 heteroatoms. The standard InChI is InChI=1S/C15H19N3O4S/c1-16-13-7-6-11(10-12(13)14(19)17(2)15(16)20)23(21,22)18-8-4-3-5-9-18/h6-7,10H,3-5,8-9H2,1-2H3. The van der Waals surface area contributed by atoms with Crippen LogP contribution in [-0.4, -0.2) is 34.9 Å². The Labute approximate surface area is 133 Å². The smallest absolute Gasteiger partial charge is 0.296 e. The van der Waals surface area contributed by atoms with Gasteiger partial charge in [0.05, 0.1) is 15.8 Å². The van der Waals surface area contributed by atoms with Gasteiger partial charge in [0.2, 0.25) is 10.0 Å². The molecule has 1 aliphatic rings. The van der Waals surface area contributed by atoms with Crippen LogP contribution in [0.4, 0.5) is 0 Å². The zero-order chi connectivity index (χ0) is 16.8. The van der Waals surface area contributed by atoms with Crippen LogP contribution in [-0.2, 0) is 24.1 Å². The lowest BCUT2D eigenvalue weighted by Gasteiger charge is -2.26. The van der Waals surface area contributed by atoms with Gasteiger partial charge >= 0.3 is 5.69 Å². The quantitative estimate of drug-likeness (QED) is 0.795. The van der Waals surface area contributed by atoms with Gasteiger partial charge in [-0.05, 0) is 31.0 Å². The average molecular weight is 337 g/mol. The van der Waals surface area contributed by atoms with E-state index >= 15 is 0 Å². The largest absolute Gasteiger partial charge is 0.330 e. The summed E-state index contributed by atoms with van der Waals surface area (Å²) in [6.07, 6.45) is 2.73. The summed E-state index contributed by atoms with van der Waals surface area (Å²) in [5, 5.41) is 0.229. The van der Waals surface area contributed by atoms with E-state index in [9.17, 15) is 18.0 Å². The highest BCUT2D eigenvalue weighted by Gasteiger charge is 2.26. The van der Waals surface area contributed by atoms with Crippen molar-refractivity contribution in [3.63, 3.8) is 0 Å². The van der Waals surface area contributed by atoms with Crippen LogP contribution >= 0.6 is 0 Å². The second-order valence-electron chi connectivity index (χ2n) is 5.85. The average Bonchev–Trinajstić information content (AvgIpc) is 2.58. The van der Waals surface area contributed by atoms with Crippen LogP contribution in [0, 0.1) is 0 Å². The van der Waals surface area contributed by atoms with Crippen LogP contribution in [0.25, 0.3) is 10.9 Å². The molecule has 0 aliphatic carbocycles. The zero-order valence-electron chi connectivity index (χ0n) is 13.2. The maximum atomic E-state index is 12.7. The summed E-state index contributed by atoms with van der Waals surface area (Å²) in [6.45, 7) is 1.01. The molecule has 3 rings (SSSR count). The summed E-state index contributed by atoms with van der Waals surface area (Å²) in [7, 11) is -0.665. The van der Waals surface area contributed by atoms with Gasteiger partial charge in [0.15, 0.2) is 0 Å². The lowest BCUT2D eigenvalue weighted by atomic mass is 10.2. The number of fused-ring (bicyclic) bond motifs is 1. The first-order chi connectivity index (χ1) is 10.8. The number of benzene rings is 1. The van der Waals surface area contributed by atoms with Gasteiger partial charge in [-0.2, -0.15) is 4.31 Å². The first-order valence-electron chi connectivity index (χ1n) is 7.54. The normalized spacial score (nSPS) is 16.8. The van der Waals surface area contributed by atoms with Gasteiger partial charge in [0.25, 0.3) is 5.56 Å². The molecule has 0 saturated carbocycles. The Kier molecular flexibility index (Phi) is 3.89. The highest BCUT2D eigenvalue weighted by Crippen LogP contribution is 2.22. The van der Waals surface area contributed by atoms with Crippen molar-refractivity contribution < 1.29 is 8.42 Å². The van der Waals surface area contributed by atoms with Gasteiger partial charge in [-0.3, -0.25) is 13.9 Å². The van der Waals surface area contributed by atoms with Crippen molar-refractivity contribution in [3.05, 3.63) is 39.0 Å². The molecule has 7 nitrogen and oxygen atoms in total. The van der Waals surface area contributed by atoms with E-state index in [0.29, 0.717) is 18.6 Å². The Bertz CT molecular complexity index is 982. The summed E-state index contributed by atoms with van der Waals surface area (Å²) in [6, 6.07) is 4.36. The molecule has 1 aromatic carbocycles. The van der Waals surface area contributed by atoms with Gasteiger partial charge in [-0.1, -0.05) is 6.42 Å². The van der Waals surface area contributed by atoms with Crippen molar-refractivity contribution in [3.8, 4) is 0 Å². The van der Waals surface area contributed by atoms with E-state index in [1.807, 2.05) is 0 Å². The number of hydrogen-bond donors (Lipinski definition) is 0. The molecule has 1 fully saturated rings. The van der Waals surface area contributed by atoms with Gasteiger partial charge in [-0.15, -0.1) is 0 Å². The third-order valence-electron chi connectivity index (χ3n) is 4.39. The van der Waals surface area contributed by atoms with Crippen molar-refractivity contribution in [2.45, 2.75) is 24.2 Å². The minimum absolute atomic E-state index is 0.0997. The Morgan fingerprint density at radius 1 is 0.957 bits per heavy atom. The predicted octanol–water partition coefficient (Wildman–Crippen LogP) is 0.412. The number of aryl methyl sites for hydroxylation is 1. The highest BCUT2D eigenvalue weighted by molar-refractivity contribution is 7.89. The molecule has 1 aliphatic heterocycles. The van der Waals surface area contributed by atoms with Crippen LogP contribution in [0.1, 0.15) is 19.3 Å². The lowest BCUT2D eigenvalue weighted by Crippen LogP contribution is -2.37. The SMILES string of the molecule is Cn1c(=O)c2cc(S(=O)(=O)N3CCCCC3)ccc2n(C)c1=O. The molecule has 23 heavy (non-hydrogen) atoms. The molecule has 0 N–H and O–H groups in total. The first kappa shape index (κ1) is 15.9.